The molecule has 0 saturated heterocycles. The number of halogens is 1. The molecule has 1 N–H and O–H groups in total. The summed E-state index contributed by atoms with van der Waals surface area (Å²) < 4.78 is 19.3. The van der Waals surface area contributed by atoms with Crippen LogP contribution in [0.15, 0.2) is 36.4 Å². The van der Waals surface area contributed by atoms with Crippen molar-refractivity contribution in [3.05, 3.63) is 64.5 Å². The smallest absolute Gasteiger partial charge is 0.165 e. The van der Waals surface area contributed by atoms with E-state index in [1.165, 1.54) is 28.3 Å². The molecule has 1 atom stereocenters. The lowest BCUT2D eigenvalue weighted by atomic mass is 9.94. The standard InChI is InChI=1S/C18H22FNO/c1-12-9-13(2)18(14(3)10-12)16(20-4)11-21-17-8-6-5-7-15(17)19/h5-10,16,20H,11H2,1-4H3. The molecule has 2 aromatic carbocycles. The second-order valence-electron chi connectivity index (χ2n) is 5.40. The van der Waals surface area contributed by atoms with Crippen LogP contribution in [0, 0.1) is 26.6 Å². The topological polar surface area (TPSA) is 21.3 Å². The fourth-order valence-corrected chi connectivity index (χ4v) is 2.79. The summed E-state index contributed by atoms with van der Waals surface area (Å²) in [4.78, 5) is 0. The summed E-state index contributed by atoms with van der Waals surface area (Å²) in [5.41, 5.74) is 4.92. The first-order chi connectivity index (χ1) is 10.0. The maximum Gasteiger partial charge on any atom is 0.165 e. The second-order valence-corrected chi connectivity index (χ2v) is 5.40. The Bertz CT molecular complexity index is 601. The van der Waals surface area contributed by atoms with Crippen molar-refractivity contribution < 1.29 is 9.13 Å². The molecule has 0 aliphatic heterocycles. The molecule has 1 unspecified atom stereocenters. The van der Waals surface area contributed by atoms with Gasteiger partial charge in [0.05, 0.1) is 6.04 Å². The predicted molar refractivity (Wildman–Crippen MR) is 84.3 cm³/mol. The van der Waals surface area contributed by atoms with Crippen molar-refractivity contribution in [3.8, 4) is 5.75 Å². The molecule has 2 nitrogen and oxygen atoms in total. The molecule has 0 amide bonds. The van der Waals surface area contributed by atoms with Gasteiger partial charge in [0.25, 0.3) is 0 Å². The summed E-state index contributed by atoms with van der Waals surface area (Å²) in [5, 5.41) is 3.26. The van der Waals surface area contributed by atoms with E-state index in [0.717, 1.165) is 0 Å². The average Bonchev–Trinajstić information content (AvgIpc) is 2.43. The van der Waals surface area contributed by atoms with E-state index in [0.29, 0.717) is 12.4 Å². The highest BCUT2D eigenvalue weighted by molar-refractivity contribution is 5.40. The summed E-state index contributed by atoms with van der Waals surface area (Å²) in [6.07, 6.45) is 0. The molecular weight excluding hydrogens is 265 g/mol. The molecule has 0 bridgehead atoms. The van der Waals surface area contributed by atoms with Crippen molar-refractivity contribution in [2.75, 3.05) is 13.7 Å². The molecule has 2 aromatic rings. The first kappa shape index (κ1) is 15.5. The van der Waals surface area contributed by atoms with Gasteiger partial charge in [-0.25, -0.2) is 4.39 Å². The highest BCUT2D eigenvalue weighted by atomic mass is 19.1. The normalized spacial score (nSPS) is 12.2. The van der Waals surface area contributed by atoms with Crippen molar-refractivity contribution in [1.29, 1.82) is 0 Å². The number of hydrogen-bond acceptors (Lipinski definition) is 2. The zero-order valence-corrected chi connectivity index (χ0v) is 13.0. The Hall–Kier alpha value is -1.87. The highest BCUT2D eigenvalue weighted by Crippen LogP contribution is 2.25. The summed E-state index contributed by atoms with van der Waals surface area (Å²) in [5.74, 6) is -0.0372. The molecule has 0 fully saturated rings. The molecule has 0 aliphatic rings. The quantitative estimate of drug-likeness (QED) is 0.894. The van der Waals surface area contributed by atoms with E-state index in [4.69, 9.17) is 4.74 Å². The maximum absolute atomic E-state index is 13.6. The Labute approximate surface area is 126 Å². The Kier molecular flexibility index (Phi) is 4.97. The predicted octanol–water partition coefficient (Wildman–Crippen LogP) is 4.09. The second kappa shape index (κ2) is 6.72. The molecule has 0 aliphatic carbocycles. The van der Waals surface area contributed by atoms with Crippen LogP contribution in [0.25, 0.3) is 0 Å². The van der Waals surface area contributed by atoms with Crippen LogP contribution in [0.3, 0.4) is 0 Å². The Morgan fingerprint density at radius 2 is 1.71 bits per heavy atom. The summed E-state index contributed by atoms with van der Waals surface area (Å²) in [6, 6.07) is 10.8. The van der Waals surface area contributed by atoms with Gasteiger partial charge in [0, 0.05) is 0 Å². The van der Waals surface area contributed by atoms with Crippen molar-refractivity contribution in [3.63, 3.8) is 0 Å². The average molecular weight is 287 g/mol. The molecule has 2 rings (SSSR count). The van der Waals surface area contributed by atoms with Gasteiger partial charge in [-0.15, -0.1) is 0 Å². The number of ether oxygens (including phenoxy) is 1. The molecule has 0 heterocycles. The molecule has 0 aromatic heterocycles. The Morgan fingerprint density at radius 3 is 2.29 bits per heavy atom. The largest absolute Gasteiger partial charge is 0.489 e. The molecule has 3 heteroatoms. The van der Waals surface area contributed by atoms with Crippen molar-refractivity contribution in [1.82, 2.24) is 5.32 Å². The Morgan fingerprint density at radius 1 is 1.10 bits per heavy atom. The SMILES string of the molecule is CNC(COc1ccccc1F)c1c(C)cc(C)cc1C. The van der Waals surface area contributed by atoms with E-state index in [1.807, 2.05) is 7.05 Å². The van der Waals surface area contributed by atoms with Crippen LogP contribution < -0.4 is 10.1 Å². The number of nitrogens with one attached hydrogen (secondary N) is 1. The molecule has 21 heavy (non-hydrogen) atoms. The van der Waals surface area contributed by atoms with E-state index in [1.54, 1.807) is 18.2 Å². The van der Waals surface area contributed by atoms with Gasteiger partial charge in [-0.3, -0.25) is 0 Å². The minimum Gasteiger partial charge on any atom is -0.489 e. The lowest BCUT2D eigenvalue weighted by molar-refractivity contribution is 0.261. The summed E-state index contributed by atoms with van der Waals surface area (Å²) in [6.45, 7) is 6.68. The maximum atomic E-state index is 13.6. The number of para-hydroxylation sites is 1. The molecule has 0 saturated carbocycles. The van der Waals surface area contributed by atoms with Crippen LogP contribution >= 0.6 is 0 Å². The minimum atomic E-state index is -0.329. The summed E-state index contributed by atoms with van der Waals surface area (Å²) in [7, 11) is 1.90. The third-order valence-corrected chi connectivity index (χ3v) is 3.68. The number of rotatable bonds is 5. The fourth-order valence-electron chi connectivity index (χ4n) is 2.79. The van der Waals surface area contributed by atoms with Crippen LogP contribution in [-0.2, 0) is 0 Å². The number of likely N-dealkylation sites (N-methyl/N-ethyl adjacent to an activating group) is 1. The number of aryl methyl sites for hydroxylation is 3. The van der Waals surface area contributed by atoms with Crippen molar-refractivity contribution >= 4 is 0 Å². The highest BCUT2D eigenvalue weighted by Gasteiger charge is 2.16. The van der Waals surface area contributed by atoms with Gasteiger partial charge in [-0.05, 0) is 56.6 Å². The van der Waals surface area contributed by atoms with E-state index in [-0.39, 0.29) is 11.9 Å². The third-order valence-electron chi connectivity index (χ3n) is 3.68. The Balaban J connectivity index is 2.20. The zero-order valence-electron chi connectivity index (χ0n) is 13.0. The van der Waals surface area contributed by atoms with Crippen LogP contribution in [-0.4, -0.2) is 13.7 Å². The van der Waals surface area contributed by atoms with Crippen LogP contribution in [0.2, 0.25) is 0 Å². The van der Waals surface area contributed by atoms with Gasteiger partial charge in [0.15, 0.2) is 11.6 Å². The van der Waals surface area contributed by atoms with Gasteiger partial charge in [-0.1, -0.05) is 29.8 Å². The van der Waals surface area contributed by atoms with Crippen LogP contribution in [0.4, 0.5) is 4.39 Å². The van der Waals surface area contributed by atoms with Gasteiger partial charge in [0.1, 0.15) is 6.61 Å². The lowest BCUT2D eigenvalue weighted by Crippen LogP contribution is -2.25. The minimum absolute atomic E-state index is 0.0326. The van der Waals surface area contributed by atoms with Gasteiger partial charge in [0.2, 0.25) is 0 Å². The van der Waals surface area contributed by atoms with Gasteiger partial charge in [-0.2, -0.15) is 0 Å². The number of benzene rings is 2. The third kappa shape index (κ3) is 3.61. The van der Waals surface area contributed by atoms with Crippen molar-refractivity contribution in [2.24, 2.45) is 0 Å². The van der Waals surface area contributed by atoms with Crippen LogP contribution in [0.1, 0.15) is 28.3 Å². The molecule has 0 radical (unpaired) electrons. The lowest BCUT2D eigenvalue weighted by Gasteiger charge is -2.22. The van der Waals surface area contributed by atoms with E-state index < -0.39 is 0 Å². The number of hydrogen-bond donors (Lipinski definition) is 1. The van der Waals surface area contributed by atoms with Crippen molar-refractivity contribution in [2.45, 2.75) is 26.8 Å². The monoisotopic (exact) mass is 287 g/mol. The van der Waals surface area contributed by atoms with E-state index in [9.17, 15) is 4.39 Å². The van der Waals surface area contributed by atoms with Crippen LogP contribution in [0.5, 0.6) is 5.75 Å². The van der Waals surface area contributed by atoms with E-state index >= 15 is 0 Å². The first-order valence-electron chi connectivity index (χ1n) is 7.15. The van der Waals surface area contributed by atoms with Gasteiger partial charge >= 0.3 is 0 Å². The zero-order chi connectivity index (χ0) is 15.4. The molecule has 112 valence electrons. The molecular formula is C18H22FNO. The van der Waals surface area contributed by atoms with Gasteiger partial charge < -0.3 is 10.1 Å². The summed E-state index contributed by atoms with van der Waals surface area (Å²) >= 11 is 0. The first-order valence-corrected chi connectivity index (χ1v) is 7.15. The fraction of sp³-hybridized carbons (Fsp3) is 0.333. The molecule has 0 spiro atoms. The van der Waals surface area contributed by atoms with E-state index in [2.05, 4.69) is 38.2 Å².